The summed E-state index contributed by atoms with van der Waals surface area (Å²) in [6, 6.07) is -0.792. The number of carbonyl (C=O) groups excluding carboxylic acids is 1. The van der Waals surface area contributed by atoms with Gasteiger partial charge in [-0.2, -0.15) is 0 Å². The number of amides is 1. The molecule has 6 N–H and O–H groups in total. The lowest BCUT2D eigenvalue weighted by Gasteiger charge is -2.40. The van der Waals surface area contributed by atoms with Crippen LogP contribution in [0.4, 0.5) is 0 Å². The van der Waals surface area contributed by atoms with Gasteiger partial charge in [0.15, 0.2) is 6.29 Å². The molecule has 9 heteroatoms. The molecular weight excluding hydrogens is 514 g/mol. The van der Waals surface area contributed by atoms with Gasteiger partial charge >= 0.3 is 0 Å². The summed E-state index contributed by atoms with van der Waals surface area (Å²) in [6.07, 6.45) is 14.4. The quantitative estimate of drug-likeness (QED) is 0.0753. The van der Waals surface area contributed by atoms with Crippen LogP contribution in [0.2, 0.25) is 0 Å². The fourth-order valence-electron chi connectivity index (χ4n) is 4.92. The van der Waals surface area contributed by atoms with Crippen molar-refractivity contribution in [1.82, 2.24) is 5.32 Å². The lowest BCUT2D eigenvalue weighted by atomic mass is 9.99. The van der Waals surface area contributed by atoms with Gasteiger partial charge in [-0.05, 0) is 19.3 Å². The maximum atomic E-state index is 12.7. The van der Waals surface area contributed by atoms with Gasteiger partial charge in [-0.3, -0.25) is 4.79 Å². The van der Waals surface area contributed by atoms with Gasteiger partial charge < -0.3 is 40.3 Å². The van der Waals surface area contributed by atoms with E-state index in [9.17, 15) is 30.3 Å². The van der Waals surface area contributed by atoms with Crippen LogP contribution in [0.1, 0.15) is 123 Å². The standard InChI is InChI=1S/C31H59NO8/c1-3-5-7-9-10-11-12-13-14-15-17-19-21-27(35)32-24(25(34)20-18-16-8-6-4-2)23-39-31-30(38)29(37)28(36)26(22-33)40-31/h18,20,24-26,28-31,33-34,36-38H,3-17,19,21-23H2,1-2H3,(H,32,35)/b20-18+. The number of nitrogens with one attached hydrogen (secondary N) is 1. The highest BCUT2D eigenvalue weighted by Crippen LogP contribution is 2.22. The molecule has 0 aliphatic carbocycles. The van der Waals surface area contributed by atoms with Crippen LogP contribution in [0.5, 0.6) is 0 Å². The van der Waals surface area contributed by atoms with E-state index in [1.165, 1.54) is 57.8 Å². The smallest absolute Gasteiger partial charge is 0.220 e. The van der Waals surface area contributed by atoms with E-state index >= 15 is 0 Å². The predicted octanol–water partition coefficient (Wildman–Crippen LogP) is 3.88. The van der Waals surface area contributed by atoms with Crippen LogP contribution in [0.15, 0.2) is 12.2 Å². The summed E-state index contributed by atoms with van der Waals surface area (Å²) in [5.41, 5.74) is 0. The Labute approximate surface area is 242 Å². The fourth-order valence-corrected chi connectivity index (χ4v) is 4.92. The highest BCUT2D eigenvalue weighted by atomic mass is 16.7. The molecule has 9 nitrogen and oxygen atoms in total. The Morgan fingerprint density at radius 2 is 1.38 bits per heavy atom. The molecular formula is C31H59NO8. The molecule has 40 heavy (non-hydrogen) atoms. The zero-order valence-corrected chi connectivity index (χ0v) is 25.1. The van der Waals surface area contributed by atoms with E-state index < -0.39 is 49.5 Å². The lowest BCUT2D eigenvalue weighted by molar-refractivity contribution is -0.302. The first-order valence-corrected chi connectivity index (χ1v) is 15.9. The summed E-state index contributed by atoms with van der Waals surface area (Å²) in [4.78, 5) is 12.7. The minimum absolute atomic E-state index is 0.187. The molecule has 0 aromatic carbocycles. The maximum Gasteiger partial charge on any atom is 0.220 e. The molecule has 1 amide bonds. The largest absolute Gasteiger partial charge is 0.394 e. The molecule has 0 bridgehead atoms. The van der Waals surface area contributed by atoms with Crippen molar-refractivity contribution in [3.8, 4) is 0 Å². The van der Waals surface area contributed by atoms with E-state index in [2.05, 4.69) is 19.2 Å². The lowest BCUT2D eigenvalue weighted by Crippen LogP contribution is -2.60. The van der Waals surface area contributed by atoms with E-state index in [-0.39, 0.29) is 12.5 Å². The van der Waals surface area contributed by atoms with E-state index in [0.29, 0.717) is 6.42 Å². The van der Waals surface area contributed by atoms with Crippen LogP contribution in [0, 0.1) is 0 Å². The van der Waals surface area contributed by atoms with Gasteiger partial charge in [0.2, 0.25) is 5.91 Å². The van der Waals surface area contributed by atoms with Gasteiger partial charge in [0.05, 0.1) is 25.4 Å². The SMILES string of the molecule is CCCCC/C=C/C(O)C(COC1OC(CO)C(O)C(O)C1O)NC(=O)CCCCCCCCCCCCCC. The zero-order chi connectivity index (χ0) is 29.6. The first kappa shape index (κ1) is 37.0. The molecule has 1 rings (SSSR count). The molecule has 1 heterocycles. The third-order valence-electron chi connectivity index (χ3n) is 7.61. The summed E-state index contributed by atoms with van der Waals surface area (Å²) in [5.74, 6) is -0.187. The van der Waals surface area contributed by atoms with Crippen molar-refractivity contribution in [1.29, 1.82) is 0 Å². The van der Waals surface area contributed by atoms with Crippen molar-refractivity contribution >= 4 is 5.91 Å². The second-order valence-corrected chi connectivity index (χ2v) is 11.3. The third kappa shape index (κ3) is 15.8. The molecule has 1 saturated heterocycles. The Bertz CT molecular complexity index is 647. The number of carbonyl (C=O) groups is 1. The fraction of sp³-hybridized carbons (Fsp3) is 0.903. The van der Waals surface area contributed by atoms with Crippen molar-refractivity contribution in [2.24, 2.45) is 0 Å². The first-order valence-electron chi connectivity index (χ1n) is 15.9. The van der Waals surface area contributed by atoms with E-state index in [0.717, 1.165) is 44.9 Å². The van der Waals surface area contributed by atoms with Crippen LogP contribution in [-0.4, -0.2) is 87.5 Å². The zero-order valence-electron chi connectivity index (χ0n) is 25.1. The monoisotopic (exact) mass is 573 g/mol. The second kappa shape index (κ2) is 23.5. The third-order valence-corrected chi connectivity index (χ3v) is 7.61. The molecule has 1 aliphatic rings. The van der Waals surface area contributed by atoms with Gasteiger partial charge in [0.25, 0.3) is 0 Å². The molecule has 1 aliphatic heterocycles. The van der Waals surface area contributed by atoms with Gasteiger partial charge in [-0.1, -0.05) is 109 Å². The Morgan fingerprint density at radius 3 is 1.95 bits per heavy atom. The number of hydrogen-bond donors (Lipinski definition) is 6. The van der Waals surface area contributed by atoms with Crippen LogP contribution >= 0.6 is 0 Å². The maximum absolute atomic E-state index is 12.7. The Hall–Kier alpha value is -1.07. The van der Waals surface area contributed by atoms with Gasteiger partial charge in [-0.25, -0.2) is 0 Å². The normalized spacial score (nSPS) is 24.8. The van der Waals surface area contributed by atoms with Crippen LogP contribution < -0.4 is 5.32 Å². The van der Waals surface area contributed by atoms with Crippen LogP contribution in [0.25, 0.3) is 0 Å². The number of aliphatic hydroxyl groups is 5. The number of aliphatic hydroxyl groups excluding tert-OH is 5. The minimum Gasteiger partial charge on any atom is -0.394 e. The summed E-state index contributed by atoms with van der Waals surface area (Å²) >= 11 is 0. The number of ether oxygens (including phenoxy) is 2. The number of rotatable bonds is 24. The van der Waals surface area contributed by atoms with Crippen molar-refractivity contribution in [3.63, 3.8) is 0 Å². The Balaban J connectivity index is 2.46. The van der Waals surface area contributed by atoms with Gasteiger partial charge in [0, 0.05) is 6.42 Å². The number of hydrogen-bond acceptors (Lipinski definition) is 8. The average Bonchev–Trinajstić information content (AvgIpc) is 2.95. The Morgan fingerprint density at radius 1 is 0.825 bits per heavy atom. The molecule has 0 saturated carbocycles. The minimum atomic E-state index is -1.56. The summed E-state index contributed by atoms with van der Waals surface area (Å²) in [7, 11) is 0. The second-order valence-electron chi connectivity index (χ2n) is 11.3. The van der Waals surface area contributed by atoms with Crippen molar-refractivity contribution in [2.45, 2.75) is 166 Å². The van der Waals surface area contributed by atoms with Crippen molar-refractivity contribution in [2.75, 3.05) is 13.2 Å². The highest BCUT2D eigenvalue weighted by molar-refractivity contribution is 5.76. The van der Waals surface area contributed by atoms with Crippen molar-refractivity contribution < 1.29 is 39.8 Å². The number of unbranched alkanes of at least 4 members (excludes halogenated alkanes) is 14. The van der Waals surface area contributed by atoms with E-state index in [1.807, 2.05) is 6.08 Å². The molecule has 1 fully saturated rings. The first-order chi connectivity index (χ1) is 19.3. The van der Waals surface area contributed by atoms with Crippen LogP contribution in [0.3, 0.4) is 0 Å². The molecule has 236 valence electrons. The van der Waals surface area contributed by atoms with Crippen molar-refractivity contribution in [3.05, 3.63) is 12.2 Å². The van der Waals surface area contributed by atoms with Gasteiger partial charge in [-0.15, -0.1) is 0 Å². The number of allylic oxidation sites excluding steroid dienone is 1. The average molecular weight is 574 g/mol. The highest BCUT2D eigenvalue weighted by Gasteiger charge is 2.44. The van der Waals surface area contributed by atoms with Gasteiger partial charge in [0.1, 0.15) is 24.4 Å². The Kier molecular flexibility index (Phi) is 21.7. The molecule has 0 aromatic heterocycles. The topological polar surface area (TPSA) is 149 Å². The summed E-state index contributed by atoms with van der Waals surface area (Å²) in [6.45, 7) is 3.61. The molecule has 0 aromatic rings. The summed E-state index contributed by atoms with van der Waals surface area (Å²) in [5, 5.41) is 53.2. The molecule has 7 atom stereocenters. The molecule has 7 unspecified atom stereocenters. The van der Waals surface area contributed by atoms with Crippen LogP contribution in [-0.2, 0) is 14.3 Å². The van der Waals surface area contributed by atoms with E-state index in [4.69, 9.17) is 9.47 Å². The molecule has 0 spiro atoms. The molecule has 0 radical (unpaired) electrons. The predicted molar refractivity (Wildman–Crippen MR) is 157 cm³/mol. The van der Waals surface area contributed by atoms with E-state index in [1.54, 1.807) is 6.08 Å². The summed E-state index contributed by atoms with van der Waals surface area (Å²) < 4.78 is 11.0.